The Bertz CT molecular complexity index is 1140. The van der Waals surface area contributed by atoms with E-state index in [9.17, 15) is 0 Å². The molecule has 0 aliphatic rings. The molecule has 0 amide bonds. The number of fused-ring (bicyclic) bond motifs is 1. The Kier molecular flexibility index (Phi) is 4.41. The van der Waals surface area contributed by atoms with Gasteiger partial charge in [0.1, 0.15) is 11.5 Å². The van der Waals surface area contributed by atoms with Crippen molar-refractivity contribution in [3.8, 4) is 17.0 Å². The largest absolute Gasteiger partial charge is 0.497 e. The van der Waals surface area contributed by atoms with Crippen molar-refractivity contribution in [1.82, 2.24) is 4.68 Å². The van der Waals surface area contributed by atoms with Crippen LogP contribution in [-0.2, 0) is 0 Å². The molecule has 2 aromatic carbocycles. The quantitative estimate of drug-likeness (QED) is 0.505. The number of hydrogen-bond acceptors (Lipinski definition) is 5. The van der Waals surface area contributed by atoms with Crippen LogP contribution in [0.1, 0.15) is 5.76 Å². The van der Waals surface area contributed by atoms with Crippen LogP contribution in [0.3, 0.4) is 0 Å². The summed E-state index contributed by atoms with van der Waals surface area (Å²) in [7, 11) is 3.44. The normalized spacial score (nSPS) is 12.3. The van der Waals surface area contributed by atoms with Crippen molar-refractivity contribution in [1.29, 1.82) is 0 Å². The van der Waals surface area contributed by atoms with Gasteiger partial charge in [-0.1, -0.05) is 18.2 Å². The van der Waals surface area contributed by atoms with E-state index in [-0.39, 0.29) is 0 Å². The first kappa shape index (κ1) is 16.4. The number of ether oxygens (including phenoxy) is 1. The van der Waals surface area contributed by atoms with Gasteiger partial charge in [0.15, 0.2) is 0 Å². The molecule has 0 fully saturated rings. The van der Waals surface area contributed by atoms with Crippen LogP contribution in [0.2, 0.25) is 0 Å². The van der Waals surface area contributed by atoms with Crippen LogP contribution in [0, 0.1) is 0 Å². The first-order chi connectivity index (χ1) is 12.8. The molecule has 0 saturated heterocycles. The molecule has 6 heteroatoms. The summed E-state index contributed by atoms with van der Waals surface area (Å²) in [6.45, 7) is 0. The maximum Gasteiger partial charge on any atom is 0.205 e. The van der Waals surface area contributed by atoms with Gasteiger partial charge in [0, 0.05) is 18.0 Å². The number of nitrogens with zero attached hydrogens (tertiary/aromatic N) is 3. The van der Waals surface area contributed by atoms with Gasteiger partial charge < -0.3 is 9.15 Å². The van der Waals surface area contributed by atoms with E-state index in [4.69, 9.17) is 9.15 Å². The highest BCUT2D eigenvalue weighted by Gasteiger charge is 2.08. The lowest BCUT2D eigenvalue weighted by atomic mass is 10.1. The molecule has 4 rings (SSSR count). The molecule has 0 radical (unpaired) electrons. The van der Waals surface area contributed by atoms with E-state index in [1.54, 1.807) is 38.0 Å². The molecule has 130 valence electrons. The van der Waals surface area contributed by atoms with Gasteiger partial charge in [0.05, 0.1) is 25.3 Å². The number of benzene rings is 2. The Labute approximate surface area is 154 Å². The van der Waals surface area contributed by atoms with Crippen molar-refractivity contribution in [3.63, 3.8) is 0 Å². The summed E-state index contributed by atoms with van der Waals surface area (Å²) < 4.78 is 12.5. The lowest BCUT2D eigenvalue weighted by Gasteiger charge is -2.06. The Hall–Kier alpha value is -3.12. The third-order valence-corrected chi connectivity index (χ3v) is 4.97. The lowest BCUT2D eigenvalue weighted by Crippen LogP contribution is -2.11. The molecule has 0 saturated carbocycles. The van der Waals surface area contributed by atoms with Gasteiger partial charge in [-0.3, -0.25) is 4.99 Å². The van der Waals surface area contributed by atoms with Gasteiger partial charge in [-0.05, 0) is 41.1 Å². The highest BCUT2D eigenvalue weighted by Crippen LogP contribution is 2.27. The second-order valence-electron chi connectivity index (χ2n) is 5.63. The Balaban J connectivity index is 1.80. The van der Waals surface area contributed by atoms with E-state index in [1.165, 1.54) is 0 Å². The maximum absolute atomic E-state index is 5.33. The zero-order valence-corrected chi connectivity index (χ0v) is 15.2. The maximum atomic E-state index is 5.33. The van der Waals surface area contributed by atoms with Crippen LogP contribution in [0.5, 0.6) is 5.75 Å². The van der Waals surface area contributed by atoms with E-state index in [1.807, 2.05) is 28.9 Å². The van der Waals surface area contributed by atoms with Crippen LogP contribution >= 0.6 is 11.3 Å². The second kappa shape index (κ2) is 7.01. The summed E-state index contributed by atoms with van der Waals surface area (Å²) >= 11 is 1.55. The molecule has 2 heterocycles. The first-order valence-electron chi connectivity index (χ1n) is 8.08. The molecule has 4 aromatic rings. The fraction of sp³-hybridized carbons (Fsp3) is 0.100. The number of hydrogen-bond donors (Lipinski definition) is 0. The fourth-order valence-electron chi connectivity index (χ4n) is 2.75. The number of rotatable bonds is 4. The lowest BCUT2D eigenvalue weighted by molar-refractivity contribution is 0.415. The Morgan fingerprint density at radius 3 is 2.73 bits per heavy atom. The Morgan fingerprint density at radius 2 is 1.96 bits per heavy atom. The topological polar surface area (TPSA) is 52.0 Å². The van der Waals surface area contributed by atoms with Gasteiger partial charge in [-0.25, -0.2) is 4.68 Å². The van der Waals surface area contributed by atoms with E-state index in [0.717, 1.165) is 32.6 Å². The van der Waals surface area contributed by atoms with Gasteiger partial charge >= 0.3 is 0 Å². The third kappa shape index (κ3) is 3.07. The van der Waals surface area contributed by atoms with Crippen molar-refractivity contribution in [3.05, 3.63) is 70.7 Å². The number of methoxy groups -OCH3 is 1. The smallest absolute Gasteiger partial charge is 0.205 e. The average Bonchev–Trinajstić information content (AvgIpc) is 3.34. The van der Waals surface area contributed by atoms with E-state index < -0.39 is 0 Å². The van der Waals surface area contributed by atoms with Gasteiger partial charge in [0.25, 0.3) is 0 Å². The van der Waals surface area contributed by atoms with Crippen LogP contribution in [0.25, 0.3) is 22.0 Å². The second-order valence-corrected chi connectivity index (χ2v) is 6.46. The molecule has 0 aliphatic carbocycles. The monoisotopic (exact) mass is 363 g/mol. The van der Waals surface area contributed by atoms with Crippen molar-refractivity contribution < 1.29 is 9.15 Å². The van der Waals surface area contributed by atoms with Crippen LogP contribution < -0.4 is 9.54 Å². The molecule has 0 aliphatic heterocycles. The standard InChI is InChI=1S/C20H17N3O2S/c1-21-20-23(22-12-18-4-3-9-25-18)19(13-26-20)16-6-5-15-11-17(24-2)8-7-14(15)10-16/h3-13H,1-2H3. The number of furan rings is 1. The zero-order valence-electron chi connectivity index (χ0n) is 14.4. The van der Waals surface area contributed by atoms with Crippen LogP contribution in [0.15, 0.2) is 74.7 Å². The van der Waals surface area contributed by atoms with Crippen molar-refractivity contribution in [2.45, 2.75) is 0 Å². The van der Waals surface area contributed by atoms with Gasteiger partial charge in [-0.15, -0.1) is 11.3 Å². The summed E-state index contributed by atoms with van der Waals surface area (Å²) in [5, 5.41) is 8.90. The summed E-state index contributed by atoms with van der Waals surface area (Å²) in [6, 6.07) is 16.1. The molecule has 0 bridgehead atoms. The predicted octanol–water partition coefficient (Wildman–Crippen LogP) is 4.38. The van der Waals surface area contributed by atoms with Crippen LogP contribution in [0.4, 0.5) is 0 Å². The Morgan fingerprint density at radius 1 is 1.12 bits per heavy atom. The number of thiazole rings is 1. The summed E-state index contributed by atoms with van der Waals surface area (Å²) in [6.07, 6.45) is 3.32. The fourth-order valence-corrected chi connectivity index (χ4v) is 3.55. The minimum atomic E-state index is 0.697. The SMILES string of the molecule is CN=c1scc(-c2ccc3cc(OC)ccc3c2)n1N=Cc1ccco1. The highest BCUT2D eigenvalue weighted by molar-refractivity contribution is 7.07. The van der Waals surface area contributed by atoms with E-state index in [2.05, 4.69) is 39.7 Å². The molecule has 0 N–H and O–H groups in total. The minimum absolute atomic E-state index is 0.697. The molecular formula is C20H17N3O2S. The molecule has 2 aromatic heterocycles. The summed E-state index contributed by atoms with van der Waals surface area (Å²) in [5.41, 5.74) is 2.06. The molecule has 0 unspecified atom stereocenters. The van der Waals surface area contributed by atoms with Crippen molar-refractivity contribution in [2.24, 2.45) is 10.1 Å². The molecule has 5 nitrogen and oxygen atoms in total. The summed E-state index contributed by atoms with van der Waals surface area (Å²) in [5.74, 6) is 1.55. The third-order valence-electron chi connectivity index (χ3n) is 4.06. The summed E-state index contributed by atoms with van der Waals surface area (Å²) in [4.78, 5) is 5.14. The predicted molar refractivity (Wildman–Crippen MR) is 105 cm³/mol. The molecule has 0 atom stereocenters. The zero-order chi connectivity index (χ0) is 17.9. The number of aromatic nitrogens is 1. The van der Waals surface area contributed by atoms with E-state index >= 15 is 0 Å². The molecule has 0 spiro atoms. The average molecular weight is 363 g/mol. The van der Waals surface area contributed by atoms with E-state index in [0.29, 0.717) is 5.76 Å². The molecular weight excluding hydrogens is 346 g/mol. The van der Waals surface area contributed by atoms with Crippen molar-refractivity contribution in [2.75, 3.05) is 14.2 Å². The molecule has 26 heavy (non-hydrogen) atoms. The van der Waals surface area contributed by atoms with Gasteiger partial charge in [-0.2, -0.15) is 5.10 Å². The van der Waals surface area contributed by atoms with Crippen LogP contribution in [-0.4, -0.2) is 25.0 Å². The first-order valence-corrected chi connectivity index (χ1v) is 8.96. The van der Waals surface area contributed by atoms with Crippen molar-refractivity contribution >= 4 is 28.3 Å². The van der Waals surface area contributed by atoms with Gasteiger partial charge in [0.2, 0.25) is 4.80 Å². The minimum Gasteiger partial charge on any atom is -0.497 e. The highest BCUT2D eigenvalue weighted by atomic mass is 32.1.